The van der Waals surface area contributed by atoms with Crippen LogP contribution in [0.1, 0.15) is 28.5 Å². The summed E-state index contributed by atoms with van der Waals surface area (Å²) in [6.07, 6.45) is 1.60. The molecule has 6 heteroatoms. The lowest BCUT2D eigenvalue weighted by Gasteiger charge is -2.02. The van der Waals surface area contributed by atoms with Gasteiger partial charge in [-0.1, -0.05) is 29.8 Å². The van der Waals surface area contributed by atoms with Gasteiger partial charge in [-0.15, -0.1) is 0 Å². The number of aromatic amines is 1. The highest BCUT2D eigenvalue weighted by atomic mass is 16.5. The van der Waals surface area contributed by atoms with Crippen LogP contribution in [0.3, 0.4) is 0 Å². The summed E-state index contributed by atoms with van der Waals surface area (Å²) in [6, 6.07) is 17.1. The summed E-state index contributed by atoms with van der Waals surface area (Å²) < 4.78 is 5.42. The van der Waals surface area contributed by atoms with Crippen LogP contribution in [0.4, 0.5) is 0 Å². The summed E-state index contributed by atoms with van der Waals surface area (Å²) >= 11 is 0. The molecule has 0 atom stereocenters. The van der Waals surface area contributed by atoms with Gasteiger partial charge in [0.2, 0.25) is 0 Å². The second-order valence-corrected chi connectivity index (χ2v) is 5.73. The Labute approximate surface area is 151 Å². The monoisotopic (exact) mass is 348 g/mol. The number of aromatic nitrogens is 2. The van der Waals surface area contributed by atoms with E-state index in [9.17, 15) is 4.79 Å². The number of rotatable bonds is 6. The molecule has 1 aromatic heterocycles. The fourth-order valence-electron chi connectivity index (χ4n) is 2.35. The molecule has 0 bridgehead atoms. The van der Waals surface area contributed by atoms with Gasteiger partial charge in [0, 0.05) is 5.56 Å². The van der Waals surface area contributed by atoms with Crippen molar-refractivity contribution < 1.29 is 9.53 Å². The third kappa shape index (κ3) is 4.36. The van der Waals surface area contributed by atoms with Crippen LogP contribution in [-0.2, 0) is 0 Å². The fourth-order valence-corrected chi connectivity index (χ4v) is 2.35. The maximum Gasteiger partial charge on any atom is 0.289 e. The highest BCUT2D eigenvalue weighted by Crippen LogP contribution is 2.21. The number of hydrogen-bond acceptors (Lipinski definition) is 4. The van der Waals surface area contributed by atoms with Crippen molar-refractivity contribution in [3.8, 4) is 17.0 Å². The van der Waals surface area contributed by atoms with Crippen LogP contribution in [0.25, 0.3) is 11.3 Å². The van der Waals surface area contributed by atoms with Gasteiger partial charge in [-0.2, -0.15) is 10.2 Å². The molecule has 26 heavy (non-hydrogen) atoms. The van der Waals surface area contributed by atoms with Crippen molar-refractivity contribution in [2.45, 2.75) is 13.8 Å². The van der Waals surface area contributed by atoms with Crippen molar-refractivity contribution in [3.63, 3.8) is 0 Å². The van der Waals surface area contributed by atoms with E-state index >= 15 is 0 Å². The first kappa shape index (κ1) is 17.4. The number of aryl methyl sites for hydroxylation is 1. The zero-order valence-corrected chi connectivity index (χ0v) is 14.7. The van der Waals surface area contributed by atoms with Crippen molar-refractivity contribution in [3.05, 3.63) is 71.4 Å². The molecule has 132 valence electrons. The molecule has 2 aromatic carbocycles. The molecule has 0 spiro atoms. The summed E-state index contributed by atoms with van der Waals surface area (Å²) in [5.41, 5.74) is 6.50. The third-order valence-corrected chi connectivity index (χ3v) is 3.74. The van der Waals surface area contributed by atoms with Gasteiger partial charge in [0.1, 0.15) is 11.4 Å². The van der Waals surface area contributed by atoms with Crippen LogP contribution < -0.4 is 10.2 Å². The molecule has 0 saturated heterocycles. The molecular weight excluding hydrogens is 328 g/mol. The molecule has 0 aliphatic carbocycles. The Balaban J connectivity index is 1.63. The molecule has 0 radical (unpaired) electrons. The molecule has 1 amide bonds. The Hall–Kier alpha value is -3.41. The zero-order chi connectivity index (χ0) is 18.4. The Morgan fingerprint density at radius 3 is 2.62 bits per heavy atom. The second kappa shape index (κ2) is 8.11. The Bertz CT molecular complexity index is 896. The Morgan fingerprint density at radius 2 is 1.92 bits per heavy atom. The predicted octanol–water partition coefficient (Wildman–Crippen LogP) is 3.55. The smallest absolute Gasteiger partial charge is 0.289 e. The van der Waals surface area contributed by atoms with Gasteiger partial charge in [-0.05, 0) is 49.7 Å². The van der Waals surface area contributed by atoms with Gasteiger partial charge in [0.25, 0.3) is 5.91 Å². The van der Waals surface area contributed by atoms with Crippen molar-refractivity contribution in [1.29, 1.82) is 0 Å². The number of benzene rings is 2. The van der Waals surface area contributed by atoms with Crippen molar-refractivity contribution in [2.24, 2.45) is 5.10 Å². The lowest BCUT2D eigenvalue weighted by molar-refractivity contribution is 0.0950. The van der Waals surface area contributed by atoms with Gasteiger partial charge in [-0.3, -0.25) is 9.89 Å². The van der Waals surface area contributed by atoms with Gasteiger partial charge in [-0.25, -0.2) is 5.43 Å². The molecular formula is C20H20N4O2. The standard InChI is InChI=1S/C20H20N4O2/c1-3-26-17-10-8-16(9-11-17)18-12-19(23-22-18)20(25)24-21-13-15-6-4-14(2)5-7-15/h4-13H,3H2,1-2H3,(H,22,23)(H,24,25). The quantitative estimate of drug-likeness (QED) is 0.528. The van der Waals surface area contributed by atoms with E-state index in [1.165, 1.54) is 5.56 Å². The average molecular weight is 348 g/mol. The molecule has 3 aromatic rings. The summed E-state index contributed by atoms with van der Waals surface area (Å²) in [6.45, 7) is 4.58. The number of nitrogens with one attached hydrogen (secondary N) is 2. The Morgan fingerprint density at radius 1 is 1.19 bits per heavy atom. The first-order valence-corrected chi connectivity index (χ1v) is 8.34. The number of amides is 1. The maximum absolute atomic E-state index is 12.2. The van der Waals surface area contributed by atoms with Gasteiger partial charge in [0.05, 0.1) is 18.5 Å². The van der Waals surface area contributed by atoms with Gasteiger partial charge >= 0.3 is 0 Å². The van der Waals surface area contributed by atoms with Crippen molar-refractivity contribution in [1.82, 2.24) is 15.6 Å². The largest absolute Gasteiger partial charge is 0.494 e. The number of hydrogen-bond donors (Lipinski definition) is 2. The van der Waals surface area contributed by atoms with Crippen LogP contribution in [0.15, 0.2) is 59.7 Å². The van der Waals surface area contributed by atoms with E-state index in [4.69, 9.17) is 4.74 Å². The zero-order valence-electron chi connectivity index (χ0n) is 14.7. The molecule has 2 N–H and O–H groups in total. The molecule has 1 heterocycles. The molecule has 6 nitrogen and oxygen atoms in total. The summed E-state index contributed by atoms with van der Waals surface area (Å²) in [7, 11) is 0. The lowest BCUT2D eigenvalue weighted by atomic mass is 10.1. The maximum atomic E-state index is 12.2. The van der Waals surface area contributed by atoms with Gasteiger partial charge in [0.15, 0.2) is 0 Å². The highest BCUT2D eigenvalue weighted by Gasteiger charge is 2.10. The first-order chi connectivity index (χ1) is 12.7. The van der Waals surface area contributed by atoms with E-state index in [2.05, 4.69) is 20.7 Å². The third-order valence-electron chi connectivity index (χ3n) is 3.74. The molecule has 3 rings (SSSR count). The van der Waals surface area contributed by atoms with Crippen molar-refractivity contribution >= 4 is 12.1 Å². The second-order valence-electron chi connectivity index (χ2n) is 5.73. The van der Waals surface area contributed by atoms with E-state index < -0.39 is 0 Å². The molecule has 0 aliphatic heterocycles. The molecule has 0 fully saturated rings. The van der Waals surface area contributed by atoms with E-state index in [1.807, 2.05) is 62.4 Å². The normalized spacial score (nSPS) is 10.8. The minimum Gasteiger partial charge on any atom is -0.494 e. The van der Waals surface area contributed by atoms with Crippen LogP contribution in [-0.4, -0.2) is 28.9 Å². The number of carbonyl (C=O) groups excluding carboxylic acids is 1. The highest BCUT2D eigenvalue weighted by molar-refractivity contribution is 5.94. The molecule has 0 unspecified atom stereocenters. The van der Waals surface area contributed by atoms with E-state index in [1.54, 1.807) is 12.3 Å². The lowest BCUT2D eigenvalue weighted by Crippen LogP contribution is -2.17. The minimum atomic E-state index is -0.349. The topological polar surface area (TPSA) is 79.4 Å². The van der Waals surface area contributed by atoms with Gasteiger partial charge < -0.3 is 4.74 Å². The number of hydrazone groups is 1. The predicted molar refractivity (Wildman–Crippen MR) is 101 cm³/mol. The molecule has 0 aliphatic rings. The van der Waals surface area contributed by atoms with Crippen LogP contribution in [0.2, 0.25) is 0 Å². The number of H-pyrrole nitrogens is 1. The first-order valence-electron chi connectivity index (χ1n) is 8.34. The average Bonchev–Trinajstić information content (AvgIpc) is 3.14. The number of nitrogens with zero attached hydrogens (tertiary/aromatic N) is 2. The fraction of sp³-hybridized carbons (Fsp3) is 0.150. The van der Waals surface area contributed by atoms with E-state index in [-0.39, 0.29) is 5.91 Å². The van der Waals surface area contributed by atoms with Crippen LogP contribution >= 0.6 is 0 Å². The summed E-state index contributed by atoms with van der Waals surface area (Å²) in [4.78, 5) is 12.2. The van der Waals surface area contributed by atoms with Crippen LogP contribution in [0, 0.1) is 6.92 Å². The number of ether oxygens (including phenoxy) is 1. The summed E-state index contributed by atoms with van der Waals surface area (Å²) in [5, 5.41) is 10.9. The number of carbonyl (C=O) groups is 1. The summed E-state index contributed by atoms with van der Waals surface area (Å²) in [5.74, 6) is 0.452. The minimum absolute atomic E-state index is 0.343. The van der Waals surface area contributed by atoms with E-state index in [0.29, 0.717) is 18.0 Å². The molecule has 0 saturated carbocycles. The van der Waals surface area contributed by atoms with Crippen molar-refractivity contribution in [2.75, 3.05) is 6.61 Å². The van der Waals surface area contributed by atoms with Crippen LogP contribution in [0.5, 0.6) is 5.75 Å². The Kier molecular flexibility index (Phi) is 5.43. The SMILES string of the molecule is CCOc1ccc(-c2cc(C(=O)NN=Cc3ccc(C)cc3)[nH]n2)cc1. The van der Waals surface area contributed by atoms with E-state index in [0.717, 1.165) is 16.9 Å².